The van der Waals surface area contributed by atoms with Gasteiger partial charge < -0.3 is 24.0 Å². The number of halogens is 2. The summed E-state index contributed by atoms with van der Waals surface area (Å²) in [5.41, 5.74) is 1.09. The Bertz CT molecular complexity index is 1740. The molecular formula is C36H45F2N5O3. The Balaban J connectivity index is 1.52. The van der Waals surface area contributed by atoms with E-state index in [-0.39, 0.29) is 35.2 Å². The molecule has 2 fully saturated rings. The average Bonchev–Trinajstić information content (AvgIpc) is 3.54. The second-order valence-corrected chi connectivity index (χ2v) is 13.5. The minimum absolute atomic E-state index is 0.0124. The first-order valence-electron chi connectivity index (χ1n) is 16.3. The van der Waals surface area contributed by atoms with E-state index in [4.69, 9.17) is 24.2 Å². The third-order valence-electron chi connectivity index (χ3n) is 10.2. The SMILES string of the molecule is CCc1c(F)ccc2cc(OCOC)cc(-c3ncc4c(N5CCC[C@@H](C)C5)nc(OCC5(CN(C)C)C(C)C5C)nc4c3F)c12. The van der Waals surface area contributed by atoms with Crippen molar-refractivity contribution < 1.29 is 23.0 Å². The first-order chi connectivity index (χ1) is 22.1. The van der Waals surface area contributed by atoms with E-state index in [2.05, 4.69) is 49.7 Å². The van der Waals surface area contributed by atoms with E-state index in [1.807, 2.05) is 13.0 Å². The zero-order valence-electron chi connectivity index (χ0n) is 28.0. The third kappa shape index (κ3) is 5.86. The summed E-state index contributed by atoms with van der Waals surface area (Å²) >= 11 is 0. The Morgan fingerprint density at radius 2 is 1.85 bits per heavy atom. The fourth-order valence-electron chi connectivity index (χ4n) is 7.46. The van der Waals surface area contributed by atoms with Crippen LogP contribution in [0.3, 0.4) is 0 Å². The molecular weight excluding hydrogens is 588 g/mol. The highest BCUT2D eigenvalue weighted by molar-refractivity contribution is 6.01. The number of aryl methyl sites for hydroxylation is 1. The maximum atomic E-state index is 17.0. The lowest BCUT2D eigenvalue weighted by atomic mass is 9.94. The number of ether oxygens (including phenoxy) is 3. The second-order valence-electron chi connectivity index (χ2n) is 13.5. The van der Waals surface area contributed by atoms with Crippen molar-refractivity contribution in [3.63, 3.8) is 0 Å². The maximum absolute atomic E-state index is 17.0. The predicted molar refractivity (Wildman–Crippen MR) is 177 cm³/mol. The molecule has 246 valence electrons. The molecule has 1 aliphatic heterocycles. The first kappa shape index (κ1) is 32.3. The topological polar surface area (TPSA) is 72.8 Å². The van der Waals surface area contributed by atoms with Gasteiger partial charge in [0, 0.05) is 43.9 Å². The van der Waals surface area contributed by atoms with E-state index >= 15 is 8.78 Å². The van der Waals surface area contributed by atoms with Gasteiger partial charge in [0.05, 0.1) is 12.0 Å². The molecule has 2 aromatic carbocycles. The van der Waals surface area contributed by atoms with Crippen LogP contribution in [0.4, 0.5) is 14.6 Å². The van der Waals surface area contributed by atoms with Gasteiger partial charge in [-0.1, -0.05) is 33.8 Å². The molecule has 8 nitrogen and oxygen atoms in total. The van der Waals surface area contributed by atoms with E-state index in [1.54, 1.807) is 18.3 Å². The highest BCUT2D eigenvalue weighted by Gasteiger charge is 2.59. The number of anilines is 1. The predicted octanol–water partition coefficient (Wildman–Crippen LogP) is 7.12. The summed E-state index contributed by atoms with van der Waals surface area (Å²) < 4.78 is 49.4. The monoisotopic (exact) mass is 633 g/mol. The normalized spacial score (nSPS) is 23.0. The number of rotatable bonds is 11. The molecule has 0 N–H and O–H groups in total. The summed E-state index contributed by atoms with van der Waals surface area (Å²) in [4.78, 5) is 18.6. The van der Waals surface area contributed by atoms with Crippen LogP contribution >= 0.6 is 0 Å². The van der Waals surface area contributed by atoms with Crippen molar-refractivity contribution >= 4 is 27.5 Å². The van der Waals surface area contributed by atoms with Crippen LogP contribution in [-0.4, -0.2) is 74.1 Å². The lowest BCUT2D eigenvalue weighted by Gasteiger charge is -2.32. The van der Waals surface area contributed by atoms with Crippen LogP contribution < -0.4 is 14.4 Å². The zero-order valence-corrected chi connectivity index (χ0v) is 28.0. The van der Waals surface area contributed by atoms with Crippen LogP contribution in [0.25, 0.3) is 32.9 Å². The van der Waals surface area contributed by atoms with Gasteiger partial charge in [-0.3, -0.25) is 4.98 Å². The molecule has 3 atom stereocenters. The number of aromatic nitrogens is 3. The van der Waals surface area contributed by atoms with Crippen molar-refractivity contribution in [2.45, 2.75) is 47.0 Å². The smallest absolute Gasteiger partial charge is 0.319 e. The molecule has 0 amide bonds. The van der Waals surface area contributed by atoms with Gasteiger partial charge in [-0.25, -0.2) is 8.78 Å². The molecule has 2 aromatic heterocycles. The van der Waals surface area contributed by atoms with Crippen LogP contribution in [0.5, 0.6) is 11.8 Å². The molecule has 1 saturated heterocycles. The molecule has 3 heterocycles. The highest BCUT2D eigenvalue weighted by Crippen LogP contribution is 2.58. The molecule has 1 aliphatic carbocycles. The highest BCUT2D eigenvalue weighted by atomic mass is 19.1. The molecule has 2 aliphatic rings. The van der Waals surface area contributed by atoms with Gasteiger partial charge in [-0.2, -0.15) is 9.97 Å². The number of fused-ring (bicyclic) bond motifs is 2. The second kappa shape index (κ2) is 12.9. The molecule has 1 saturated carbocycles. The molecule has 0 radical (unpaired) electrons. The van der Waals surface area contributed by atoms with Crippen molar-refractivity contribution in [3.8, 4) is 23.0 Å². The lowest BCUT2D eigenvalue weighted by Crippen LogP contribution is -2.35. The average molecular weight is 634 g/mol. The van der Waals surface area contributed by atoms with Crippen LogP contribution in [-0.2, 0) is 11.2 Å². The van der Waals surface area contributed by atoms with Gasteiger partial charge in [0.25, 0.3) is 0 Å². The van der Waals surface area contributed by atoms with Crippen molar-refractivity contribution in [2.75, 3.05) is 59.1 Å². The van der Waals surface area contributed by atoms with E-state index in [1.165, 1.54) is 13.2 Å². The number of piperidine rings is 1. The molecule has 46 heavy (non-hydrogen) atoms. The molecule has 0 spiro atoms. The van der Waals surface area contributed by atoms with Gasteiger partial charge in [-0.05, 0) is 85.6 Å². The minimum Gasteiger partial charge on any atom is -0.468 e. The van der Waals surface area contributed by atoms with Crippen LogP contribution in [0.2, 0.25) is 0 Å². The third-order valence-corrected chi connectivity index (χ3v) is 10.2. The molecule has 10 heteroatoms. The molecule has 2 unspecified atom stereocenters. The van der Waals surface area contributed by atoms with Crippen LogP contribution in [0.15, 0.2) is 30.5 Å². The summed E-state index contributed by atoms with van der Waals surface area (Å²) in [6.45, 7) is 11.5. The summed E-state index contributed by atoms with van der Waals surface area (Å²) in [5, 5.41) is 1.84. The van der Waals surface area contributed by atoms with Gasteiger partial charge in [0.1, 0.15) is 28.6 Å². The van der Waals surface area contributed by atoms with E-state index in [9.17, 15) is 0 Å². The number of pyridine rings is 1. The van der Waals surface area contributed by atoms with Crippen molar-refractivity contribution in [2.24, 2.45) is 23.2 Å². The Hall–Kier alpha value is -3.63. The van der Waals surface area contributed by atoms with Crippen molar-refractivity contribution in [3.05, 3.63) is 47.7 Å². The fraction of sp³-hybridized carbons (Fsp3) is 0.528. The number of nitrogens with zero attached hydrogens (tertiary/aromatic N) is 5. The van der Waals surface area contributed by atoms with E-state index < -0.39 is 5.82 Å². The zero-order chi connectivity index (χ0) is 32.7. The molecule has 6 rings (SSSR count). The van der Waals surface area contributed by atoms with Gasteiger partial charge >= 0.3 is 6.01 Å². The number of hydrogen-bond acceptors (Lipinski definition) is 8. The Morgan fingerprint density at radius 3 is 2.52 bits per heavy atom. The summed E-state index contributed by atoms with van der Waals surface area (Å²) in [7, 11) is 5.67. The van der Waals surface area contributed by atoms with E-state index in [0.717, 1.165) is 37.9 Å². The molecule has 0 bridgehead atoms. The summed E-state index contributed by atoms with van der Waals surface area (Å²) in [5.74, 6) is 1.58. The van der Waals surface area contributed by atoms with Gasteiger partial charge in [-0.15, -0.1) is 0 Å². The number of methoxy groups -OCH3 is 1. The van der Waals surface area contributed by atoms with Crippen LogP contribution in [0, 0.1) is 34.8 Å². The van der Waals surface area contributed by atoms with E-state index in [0.29, 0.717) is 64.2 Å². The largest absolute Gasteiger partial charge is 0.468 e. The molecule has 4 aromatic rings. The maximum Gasteiger partial charge on any atom is 0.319 e. The fourth-order valence-corrected chi connectivity index (χ4v) is 7.46. The van der Waals surface area contributed by atoms with Crippen LogP contribution in [0.1, 0.15) is 46.1 Å². The summed E-state index contributed by atoms with van der Waals surface area (Å²) in [6, 6.07) is 6.78. The quantitative estimate of drug-likeness (QED) is 0.162. The number of hydrogen-bond donors (Lipinski definition) is 0. The van der Waals surface area contributed by atoms with Gasteiger partial charge in [0.2, 0.25) is 0 Å². The minimum atomic E-state index is -0.608. The Morgan fingerprint density at radius 1 is 1.07 bits per heavy atom. The van der Waals surface area contributed by atoms with Gasteiger partial charge in [0.15, 0.2) is 12.6 Å². The summed E-state index contributed by atoms with van der Waals surface area (Å²) in [6.07, 6.45) is 4.22. The number of benzene rings is 2. The first-order valence-corrected chi connectivity index (χ1v) is 16.3. The lowest BCUT2D eigenvalue weighted by molar-refractivity contribution is 0.0512. The Kier molecular flexibility index (Phi) is 9.04. The van der Waals surface area contributed by atoms with Crippen molar-refractivity contribution in [1.82, 2.24) is 19.9 Å². The standard InChI is InChI=1S/C36H45F2N5O3/c1-8-26-29(37)12-11-24-14-25(46-20-44-7)15-27(30(24)26)32-31(38)33-28(16-39-32)34(43-13-9-10-21(2)17-43)41-35(40-33)45-19-36(18-42(5)6)22(3)23(36)4/h11-12,14-16,21-23H,8-10,13,17-20H2,1-7H3/t21-,22?,23?,36?/m1/s1. The van der Waals surface area contributed by atoms with Crippen molar-refractivity contribution in [1.29, 1.82) is 0 Å². The Labute approximate surface area is 270 Å².